The van der Waals surface area contributed by atoms with Gasteiger partial charge in [-0.25, -0.2) is 4.98 Å². The lowest BCUT2D eigenvalue weighted by atomic mass is 9.95. The van der Waals surface area contributed by atoms with Gasteiger partial charge in [0.15, 0.2) is 0 Å². The molecule has 0 unspecified atom stereocenters. The molecule has 1 aromatic carbocycles. The largest absolute Gasteiger partial charge is 0.383 e. The Balaban J connectivity index is 2.03. The minimum atomic E-state index is 0.345. The number of nitrogen functional groups attached to an aromatic ring is 1. The van der Waals surface area contributed by atoms with Crippen LogP contribution >= 0.6 is 0 Å². The quantitative estimate of drug-likeness (QED) is 0.906. The van der Waals surface area contributed by atoms with E-state index in [9.17, 15) is 5.26 Å². The first-order valence-electron chi connectivity index (χ1n) is 8.23. The van der Waals surface area contributed by atoms with Gasteiger partial charge in [-0.05, 0) is 43.0 Å². The molecule has 4 heteroatoms. The Morgan fingerprint density at radius 2 is 1.87 bits per heavy atom. The van der Waals surface area contributed by atoms with E-state index in [1.165, 1.54) is 18.4 Å². The molecule has 0 radical (unpaired) electrons. The van der Waals surface area contributed by atoms with Crippen molar-refractivity contribution in [1.29, 1.82) is 5.26 Å². The second kappa shape index (κ2) is 6.80. The molecule has 3 rings (SSSR count). The number of anilines is 1. The number of hydrogen-bond donors (Lipinski definition) is 2. The average Bonchev–Trinajstić information content (AvgIpc) is 3.10. The molecule has 23 heavy (non-hydrogen) atoms. The predicted octanol–water partition coefficient (Wildman–Crippen LogP) is 3.36. The second-order valence-corrected chi connectivity index (χ2v) is 6.18. The Labute approximate surface area is 137 Å². The van der Waals surface area contributed by atoms with Gasteiger partial charge in [-0.1, -0.05) is 37.1 Å². The third-order valence-electron chi connectivity index (χ3n) is 4.65. The van der Waals surface area contributed by atoms with Crippen molar-refractivity contribution in [1.82, 2.24) is 4.98 Å². The zero-order valence-electron chi connectivity index (χ0n) is 13.3. The molecule has 2 aromatic rings. The summed E-state index contributed by atoms with van der Waals surface area (Å²) >= 11 is 0. The molecule has 0 aliphatic heterocycles. The molecule has 4 N–H and O–H groups in total. The first-order chi connectivity index (χ1) is 11.2. The van der Waals surface area contributed by atoms with Gasteiger partial charge in [0.2, 0.25) is 0 Å². The van der Waals surface area contributed by atoms with E-state index in [0.717, 1.165) is 36.1 Å². The highest BCUT2D eigenvalue weighted by Gasteiger charge is 2.21. The van der Waals surface area contributed by atoms with Crippen molar-refractivity contribution < 1.29 is 0 Å². The van der Waals surface area contributed by atoms with Crippen LogP contribution in [0.2, 0.25) is 0 Å². The lowest BCUT2D eigenvalue weighted by molar-refractivity contribution is 0.699. The van der Waals surface area contributed by atoms with Crippen molar-refractivity contribution in [2.45, 2.75) is 38.0 Å². The Morgan fingerprint density at radius 3 is 2.48 bits per heavy atom. The van der Waals surface area contributed by atoms with Crippen molar-refractivity contribution in [3.05, 3.63) is 47.2 Å². The van der Waals surface area contributed by atoms with Crippen LogP contribution in [-0.4, -0.2) is 11.5 Å². The normalized spacial score (nSPS) is 14.8. The lowest BCUT2D eigenvalue weighted by Gasteiger charge is -2.14. The van der Waals surface area contributed by atoms with E-state index >= 15 is 0 Å². The summed E-state index contributed by atoms with van der Waals surface area (Å²) in [6, 6.07) is 12.5. The summed E-state index contributed by atoms with van der Waals surface area (Å²) in [5, 5.41) is 9.47. The van der Waals surface area contributed by atoms with Crippen molar-refractivity contribution in [3.8, 4) is 17.2 Å². The fourth-order valence-corrected chi connectivity index (χ4v) is 3.38. The van der Waals surface area contributed by atoms with Gasteiger partial charge < -0.3 is 11.5 Å². The van der Waals surface area contributed by atoms with Crippen LogP contribution in [0, 0.1) is 11.3 Å². The van der Waals surface area contributed by atoms with Crippen LogP contribution in [0.5, 0.6) is 0 Å². The maximum Gasteiger partial charge on any atom is 0.142 e. The summed E-state index contributed by atoms with van der Waals surface area (Å²) in [5.41, 5.74) is 16.3. The fourth-order valence-electron chi connectivity index (χ4n) is 3.38. The highest BCUT2D eigenvalue weighted by Crippen LogP contribution is 2.37. The van der Waals surface area contributed by atoms with Crippen molar-refractivity contribution in [2.75, 3.05) is 12.3 Å². The maximum absolute atomic E-state index is 9.47. The number of rotatable bonds is 4. The van der Waals surface area contributed by atoms with E-state index in [-0.39, 0.29) is 0 Å². The Kier molecular flexibility index (Phi) is 4.59. The Bertz CT molecular complexity index is 722. The SMILES string of the molecule is N#Cc1c(-c2ccc(CCN)cc2)cc(C2CCCC2)nc1N. The zero-order valence-corrected chi connectivity index (χ0v) is 13.3. The molecule has 4 nitrogen and oxygen atoms in total. The molecular formula is C19H22N4. The van der Waals surface area contributed by atoms with Crippen LogP contribution in [0.1, 0.15) is 48.4 Å². The summed E-state index contributed by atoms with van der Waals surface area (Å²) < 4.78 is 0. The summed E-state index contributed by atoms with van der Waals surface area (Å²) in [7, 11) is 0. The number of nitriles is 1. The molecule has 0 amide bonds. The highest BCUT2D eigenvalue weighted by atomic mass is 14.9. The smallest absolute Gasteiger partial charge is 0.142 e. The van der Waals surface area contributed by atoms with Gasteiger partial charge >= 0.3 is 0 Å². The summed E-state index contributed by atoms with van der Waals surface area (Å²) in [5.74, 6) is 0.818. The van der Waals surface area contributed by atoms with Gasteiger partial charge in [-0.15, -0.1) is 0 Å². The van der Waals surface area contributed by atoms with E-state index in [2.05, 4.69) is 29.3 Å². The summed E-state index contributed by atoms with van der Waals surface area (Å²) in [6.07, 6.45) is 5.67. The first-order valence-corrected chi connectivity index (χ1v) is 8.23. The molecule has 1 aromatic heterocycles. The number of nitrogens with two attached hydrogens (primary N) is 2. The van der Waals surface area contributed by atoms with Gasteiger partial charge in [0.05, 0.1) is 0 Å². The van der Waals surface area contributed by atoms with Gasteiger partial charge in [-0.3, -0.25) is 0 Å². The summed E-state index contributed by atoms with van der Waals surface area (Å²) in [4.78, 5) is 4.50. The lowest BCUT2D eigenvalue weighted by Crippen LogP contribution is -2.05. The molecule has 1 aliphatic carbocycles. The van der Waals surface area contributed by atoms with Crippen LogP contribution in [0.4, 0.5) is 5.82 Å². The molecule has 1 fully saturated rings. The molecule has 0 spiro atoms. The van der Waals surface area contributed by atoms with Crippen molar-refractivity contribution >= 4 is 5.82 Å². The molecule has 1 heterocycles. The van der Waals surface area contributed by atoms with E-state index in [1.54, 1.807) is 0 Å². The Hall–Kier alpha value is -2.38. The number of aromatic nitrogens is 1. The molecule has 118 valence electrons. The molecule has 0 saturated heterocycles. The topological polar surface area (TPSA) is 88.7 Å². The molecule has 0 bridgehead atoms. The van der Waals surface area contributed by atoms with Crippen LogP contribution in [0.15, 0.2) is 30.3 Å². The van der Waals surface area contributed by atoms with Crippen molar-refractivity contribution in [3.63, 3.8) is 0 Å². The summed E-state index contributed by atoms with van der Waals surface area (Å²) in [6.45, 7) is 0.636. The van der Waals surface area contributed by atoms with Crippen LogP contribution < -0.4 is 11.5 Å². The standard InChI is InChI=1S/C19H22N4/c20-10-9-13-5-7-14(8-6-13)16-11-18(15-3-1-2-4-15)23-19(22)17(16)12-21/h5-8,11,15H,1-4,9-10,20H2,(H2,22,23). The van der Waals surface area contributed by atoms with Gasteiger partial charge in [0.25, 0.3) is 0 Å². The number of hydrogen-bond acceptors (Lipinski definition) is 4. The van der Waals surface area contributed by atoms with Crippen LogP contribution in [0.25, 0.3) is 11.1 Å². The number of benzene rings is 1. The zero-order chi connectivity index (χ0) is 16.2. The van der Waals surface area contributed by atoms with Gasteiger partial charge in [-0.2, -0.15) is 5.26 Å². The second-order valence-electron chi connectivity index (χ2n) is 6.18. The first kappa shape index (κ1) is 15.5. The van der Waals surface area contributed by atoms with E-state index < -0.39 is 0 Å². The van der Waals surface area contributed by atoms with Crippen LogP contribution in [0.3, 0.4) is 0 Å². The van der Waals surface area contributed by atoms with Gasteiger partial charge in [0.1, 0.15) is 17.5 Å². The van der Waals surface area contributed by atoms with Crippen molar-refractivity contribution in [2.24, 2.45) is 5.73 Å². The van der Waals surface area contributed by atoms with E-state index in [4.69, 9.17) is 11.5 Å². The van der Waals surface area contributed by atoms with Gasteiger partial charge in [0, 0.05) is 17.2 Å². The average molecular weight is 306 g/mol. The number of nitrogens with zero attached hydrogens (tertiary/aromatic N) is 2. The minimum Gasteiger partial charge on any atom is -0.383 e. The van der Waals surface area contributed by atoms with E-state index in [1.807, 2.05) is 12.1 Å². The number of pyridine rings is 1. The molecule has 0 atom stereocenters. The predicted molar refractivity (Wildman–Crippen MR) is 92.8 cm³/mol. The molecular weight excluding hydrogens is 284 g/mol. The Morgan fingerprint density at radius 1 is 1.17 bits per heavy atom. The molecule has 1 aliphatic rings. The van der Waals surface area contributed by atoms with Crippen LogP contribution in [-0.2, 0) is 6.42 Å². The molecule has 1 saturated carbocycles. The monoisotopic (exact) mass is 306 g/mol. The third kappa shape index (κ3) is 3.20. The fraction of sp³-hybridized carbons (Fsp3) is 0.368. The minimum absolute atomic E-state index is 0.345. The third-order valence-corrected chi connectivity index (χ3v) is 4.65. The van der Waals surface area contributed by atoms with E-state index in [0.29, 0.717) is 23.8 Å². The maximum atomic E-state index is 9.47. The highest BCUT2D eigenvalue weighted by molar-refractivity contribution is 5.76.